The van der Waals surface area contributed by atoms with Crippen LogP contribution in [0.15, 0.2) is 89.7 Å². The number of nitrogens with zero attached hydrogens (tertiary/aromatic N) is 2. The summed E-state index contributed by atoms with van der Waals surface area (Å²) in [6.45, 7) is 1.96. The van der Waals surface area contributed by atoms with Crippen LogP contribution in [0.1, 0.15) is 27.0 Å². The number of hydrogen-bond acceptors (Lipinski definition) is 4. The van der Waals surface area contributed by atoms with Crippen LogP contribution in [0.2, 0.25) is 0 Å². The van der Waals surface area contributed by atoms with Gasteiger partial charge in [-0.1, -0.05) is 54.6 Å². The maximum absolute atomic E-state index is 12.8. The molecular weight excluding hydrogens is 400 g/mol. The zero-order valence-electron chi connectivity index (χ0n) is 18.4. The highest BCUT2D eigenvalue weighted by Crippen LogP contribution is 2.14. The highest BCUT2D eigenvalue weighted by atomic mass is 16.2. The predicted molar refractivity (Wildman–Crippen MR) is 130 cm³/mol. The van der Waals surface area contributed by atoms with Gasteiger partial charge in [0.2, 0.25) is 0 Å². The Balaban J connectivity index is 1.82. The van der Waals surface area contributed by atoms with Gasteiger partial charge in [0.25, 0.3) is 11.8 Å². The lowest BCUT2D eigenvalue weighted by Crippen LogP contribution is -2.32. The molecule has 162 valence electrons. The smallest absolute Gasteiger partial charge is 0.287 e. The molecule has 0 spiro atoms. The molecule has 3 aromatic rings. The number of amides is 2. The second kappa shape index (κ2) is 10.7. The van der Waals surface area contributed by atoms with Gasteiger partial charge in [-0.15, -0.1) is 0 Å². The van der Waals surface area contributed by atoms with Crippen molar-refractivity contribution in [2.45, 2.75) is 6.92 Å². The van der Waals surface area contributed by atoms with Crippen LogP contribution >= 0.6 is 0 Å². The molecule has 0 atom stereocenters. The molecule has 0 unspecified atom stereocenters. The van der Waals surface area contributed by atoms with E-state index in [-0.39, 0.29) is 11.6 Å². The minimum absolute atomic E-state index is 0.0957. The fraction of sp³-hybridized carbons (Fsp3) is 0.115. The molecule has 0 saturated heterocycles. The molecule has 0 saturated carbocycles. The van der Waals surface area contributed by atoms with Gasteiger partial charge in [0.05, 0.1) is 6.21 Å². The summed E-state index contributed by atoms with van der Waals surface area (Å²) in [6.07, 6.45) is 3.20. The Labute approximate surface area is 188 Å². The van der Waals surface area contributed by atoms with Crippen LogP contribution in [-0.2, 0) is 4.79 Å². The number of nitrogens with one attached hydrogen (secondary N) is 2. The van der Waals surface area contributed by atoms with Crippen molar-refractivity contribution in [1.82, 2.24) is 10.7 Å². The van der Waals surface area contributed by atoms with Gasteiger partial charge >= 0.3 is 0 Å². The minimum atomic E-state index is -0.518. The molecule has 3 rings (SSSR count). The number of benzene rings is 3. The molecule has 6 nitrogen and oxygen atoms in total. The second-order valence-corrected chi connectivity index (χ2v) is 7.42. The van der Waals surface area contributed by atoms with Crippen LogP contribution in [-0.4, -0.2) is 32.1 Å². The van der Waals surface area contributed by atoms with Crippen molar-refractivity contribution < 1.29 is 9.59 Å². The van der Waals surface area contributed by atoms with E-state index in [4.69, 9.17) is 0 Å². The zero-order chi connectivity index (χ0) is 22.9. The number of rotatable bonds is 7. The summed E-state index contributed by atoms with van der Waals surface area (Å²) in [4.78, 5) is 27.5. The molecule has 0 heterocycles. The predicted octanol–water partition coefficient (Wildman–Crippen LogP) is 3.98. The molecule has 6 heteroatoms. The van der Waals surface area contributed by atoms with Crippen molar-refractivity contribution in [3.63, 3.8) is 0 Å². The fourth-order valence-electron chi connectivity index (χ4n) is 2.93. The van der Waals surface area contributed by atoms with E-state index in [0.717, 1.165) is 22.4 Å². The van der Waals surface area contributed by atoms with E-state index in [1.165, 1.54) is 0 Å². The zero-order valence-corrected chi connectivity index (χ0v) is 18.4. The Bertz CT molecular complexity index is 1130. The molecule has 0 aliphatic carbocycles. The van der Waals surface area contributed by atoms with Crippen molar-refractivity contribution in [3.05, 3.63) is 107 Å². The number of hydrogen-bond donors (Lipinski definition) is 2. The third-order valence-corrected chi connectivity index (χ3v) is 4.81. The van der Waals surface area contributed by atoms with Crippen molar-refractivity contribution in [3.8, 4) is 0 Å². The number of anilines is 1. The first-order chi connectivity index (χ1) is 15.4. The Hall–Kier alpha value is -4.19. The molecule has 0 aliphatic rings. The van der Waals surface area contributed by atoms with E-state index < -0.39 is 5.91 Å². The lowest BCUT2D eigenvalue weighted by molar-refractivity contribution is -0.117. The summed E-state index contributed by atoms with van der Waals surface area (Å²) >= 11 is 0. The van der Waals surface area contributed by atoms with Crippen LogP contribution in [0, 0.1) is 6.92 Å². The monoisotopic (exact) mass is 426 g/mol. The molecule has 0 radical (unpaired) electrons. The van der Waals surface area contributed by atoms with Gasteiger partial charge in [-0.3, -0.25) is 9.59 Å². The summed E-state index contributed by atoms with van der Waals surface area (Å²) in [5.74, 6) is -0.893. The van der Waals surface area contributed by atoms with Crippen LogP contribution in [0.3, 0.4) is 0 Å². The summed E-state index contributed by atoms with van der Waals surface area (Å²) in [5.41, 5.74) is 6.80. The first kappa shape index (κ1) is 22.5. The normalized spacial score (nSPS) is 11.3. The van der Waals surface area contributed by atoms with Crippen molar-refractivity contribution >= 4 is 29.8 Å². The van der Waals surface area contributed by atoms with E-state index in [2.05, 4.69) is 15.8 Å². The van der Waals surface area contributed by atoms with Gasteiger partial charge < -0.3 is 10.2 Å². The first-order valence-corrected chi connectivity index (χ1v) is 10.2. The minimum Gasteiger partial charge on any atom is -0.378 e. The van der Waals surface area contributed by atoms with Gasteiger partial charge in [0.15, 0.2) is 0 Å². The topological polar surface area (TPSA) is 73.8 Å². The summed E-state index contributed by atoms with van der Waals surface area (Å²) in [5, 5.41) is 6.76. The molecule has 2 amide bonds. The molecule has 3 aromatic carbocycles. The van der Waals surface area contributed by atoms with Crippen LogP contribution in [0.4, 0.5) is 5.69 Å². The van der Waals surface area contributed by atoms with Crippen molar-refractivity contribution in [2.24, 2.45) is 5.10 Å². The Morgan fingerprint density at radius 1 is 0.875 bits per heavy atom. The fourth-order valence-corrected chi connectivity index (χ4v) is 2.93. The number of aryl methyl sites for hydroxylation is 1. The van der Waals surface area contributed by atoms with Gasteiger partial charge in [-0.2, -0.15) is 5.10 Å². The van der Waals surface area contributed by atoms with E-state index in [9.17, 15) is 9.59 Å². The lowest BCUT2D eigenvalue weighted by atomic mass is 10.1. The third-order valence-electron chi connectivity index (χ3n) is 4.81. The first-order valence-electron chi connectivity index (χ1n) is 10.2. The van der Waals surface area contributed by atoms with Crippen LogP contribution in [0.5, 0.6) is 0 Å². The third kappa shape index (κ3) is 6.15. The second-order valence-electron chi connectivity index (χ2n) is 7.42. The highest BCUT2D eigenvalue weighted by Gasteiger charge is 2.14. The highest BCUT2D eigenvalue weighted by molar-refractivity contribution is 6.05. The molecule has 32 heavy (non-hydrogen) atoms. The summed E-state index contributed by atoms with van der Waals surface area (Å²) in [7, 11) is 3.91. The van der Waals surface area contributed by atoms with Crippen molar-refractivity contribution in [2.75, 3.05) is 19.0 Å². The molecule has 0 aromatic heterocycles. The van der Waals surface area contributed by atoms with E-state index in [0.29, 0.717) is 5.56 Å². The maximum Gasteiger partial charge on any atom is 0.287 e. The van der Waals surface area contributed by atoms with Gasteiger partial charge in [-0.25, -0.2) is 5.43 Å². The maximum atomic E-state index is 12.8. The average molecular weight is 427 g/mol. The van der Waals surface area contributed by atoms with E-state index >= 15 is 0 Å². The summed E-state index contributed by atoms with van der Waals surface area (Å²) in [6, 6.07) is 24.1. The summed E-state index contributed by atoms with van der Waals surface area (Å²) < 4.78 is 0. The lowest BCUT2D eigenvalue weighted by Gasteiger charge is -2.12. The van der Waals surface area contributed by atoms with Gasteiger partial charge in [0, 0.05) is 25.3 Å². The quantitative estimate of drug-likeness (QED) is 0.341. The molecule has 0 bridgehead atoms. The van der Waals surface area contributed by atoms with Gasteiger partial charge in [-0.05, 0) is 54.0 Å². The molecule has 0 aliphatic heterocycles. The molecular formula is C26H26N4O2. The molecule has 0 fully saturated rings. The standard InChI is InChI=1S/C26H26N4O2/c1-19-9-7-8-12-22(19)18-27-29-26(32)24(28-25(31)21-10-5-4-6-11-21)17-20-13-15-23(16-14-20)30(2)3/h4-18H,1-3H3,(H,28,31)(H,29,32)/b24-17-,27-18-. The average Bonchev–Trinajstić information content (AvgIpc) is 2.80. The Morgan fingerprint density at radius 3 is 2.19 bits per heavy atom. The van der Waals surface area contributed by atoms with E-state index in [1.54, 1.807) is 36.6 Å². The number of hydrazone groups is 1. The Kier molecular flexibility index (Phi) is 7.54. The molecule has 2 N–H and O–H groups in total. The SMILES string of the molecule is Cc1ccccc1/C=N\NC(=O)/C(=C/c1ccc(N(C)C)cc1)NC(=O)c1ccccc1. The number of carbonyl (C=O) groups excluding carboxylic acids is 2. The van der Waals surface area contributed by atoms with Gasteiger partial charge in [0.1, 0.15) is 5.70 Å². The number of carbonyl (C=O) groups is 2. The largest absolute Gasteiger partial charge is 0.378 e. The van der Waals surface area contributed by atoms with E-state index in [1.807, 2.05) is 80.5 Å². The van der Waals surface area contributed by atoms with Crippen LogP contribution < -0.4 is 15.6 Å². The van der Waals surface area contributed by atoms with Crippen LogP contribution in [0.25, 0.3) is 6.08 Å². The van der Waals surface area contributed by atoms with Crippen molar-refractivity contribution in [1.29, 1.82) is 0 Å². The Morgan fingerprint density at radius 2 is 1.53 bits per heavy atom.